The fourth-order valence-electron chi connectivity index (χ4n) is 3.29. The standard InChI is InChI=1S/C20H23N3O4/c1-15-12-16(6-7-19(15)23(25)26)20(24)21-13-17-4-2-3-5-18(17)14-22-8-10-27-11-9-22/h2-7,12H,8-11,13-14H2,1H3,(H,21,24)/p+1. The predicted octanol–water partition coefficient (Wildman–Crippen LogP) is 1.25. The summed E-state index contributed by atoms with van der Waals surface area (Å²) in [4.78, 5) is 24.4. The Bertz CT molecular complexity index is 832. The predicted molar refractivity (Wildman–Crippen MR) is 101 cm³/mol. The molecule has 1 amide bonds. The van der Waals surface area contributed by atoms with E-state index in [4.69, 9.17) is 4.74 Å². The Morgan fingerprint density at radius 3 is 2.56 bits per heavy atom. The SMILES string of the molecule is Cc1cc(C(=O)NCc2ccccc2C[NH+]2CCOCC2)ccc1[N+](=O)[O-]. The first-order valence-corrected chi connectivity index (χ1v) is 9.06. The summed E-state index contributed by atoms with van der Waals surface area (Å²) in [6.07, 6.45) is 0. The highest BCUT2D eigenvalue weighted by atomic mass is 16.6. The number of ether oxygens (including phenoxy) is 1. The van der Waals surface area contributed by atoms with Gasteiger partial charge in [0.2, 0.25) is 0 Å². The van der Waals surface area contributed by atoms with E-state index in [0.29, 0.717) is 17.7 Å². The van der Waals surface area contributed by atoms with E-state index in [1.54, 1.807) is 13.0 Å². The number of morpholine rings is 1. The Hall–Kier alpha value is -2.77. The van der Waals surface area contributed by atoms with Crippen LogP contribution in [0, 0.1) is 17.0 Å². The molecule has 7 heteroatoms. The van der Waals surface area contributed by atoms with Gasteiger partial charge in [0.1, 0.15) is 19.6 Å². The summed E-state index contributed by atoms with van der Waals surface area (Å²) in [7, 11) is 0. The molecule has 2 aromatic carbocycles. The lowest BCUT2D eigenvalue weighted by molar-refractivity contribution is -0.921. The molecule has 1 heterocycles. The quantitative estimate of drug-likeness (QED) is 0.592. The van der Waals surface area contributed by atoms with E-state index >= 15 is 0 Å². The molecular formula is C20H24N3O4+. The van der Waals surface area contributed by atoms with Crippen LogP contribution in [-0.4, -0.2) is 37.1 Å². The number of quaternary nitrogens is 1. The maximum atomic E-state index is 12.4. The second kappa shape index (κ2) is 8.75. The number of rotatable bonds is 6. The highest BCUT2D eigenvalue weighted by Crippen LogP contribution is 2.19. The zero-order valence-electron chi connectivity index (χ0n) is 15.4. The summed E-state index contributed by atoms with van der Waals surface area (Å²) in [6, 6.07) is 12.5. The van der Waals surface area contributed by atoms with Crippen molar-refractivity contribution in [3.05, 3.63) is 74.8 Å². The Morgan fingerprint density at radius 2 is 1.89 bits per heavy atom. The average molecular weight is 370 g/mol. The minimum atomic E-state index is -0.443. The Labute approximate surface area is 158 Å². The number of carbonyl (C=O) groups excluding carboxylic acids is 1. The largest absolute Gasteiger partial charge is 0.370 e. The van der Waals surface area contributed by atoms with Gasteiger partial charge in [0.15, 0.2) is 0 Å². The molecule has 0 spiro atoms. The summed E-state index contributed by atoms with van der Waals surface area (Å²) in [5.41, 5.74) is 3.22. The van der Waals surface area contributed by atoms with Gasteiger partial charge in [-0.25, -0.2) is 0 Å². The van der Waals surface area contributed by atoms with Gasteiger partial charge in [-0.2, -0.15) is 0 Å². The summed E-state index contributed by atoms with van der Waals surface area (Å²) >= 11 is 0. The van der Waals surface area contributed by atoms with Crippen molar-refractivity contribution in [3.8, 4) is 0 Å². The highest BCUT2D eigenvalue weighted by molar-refractivity contribution is 5.94. The summed E-state index contributed by atoms with van der Waals surface area (Å²) in [5.74, 6) is -0.235. The van der Waals surface area contributed by atoms with Crippen LogP contribution in [0.3, 0.4) is 0 Å². The third-order valence-electron chi connectivity index (χ3n) is 4.85. The second-order valence-corrected chi connectivity index (χ2v) is 6.75. The van der Waals surface area contributed by atoms with Gasteiger partial charge in [-0.1, -0.05) is 24.3 Å². The lowest BCUT2D eigenvalue weighted by Crippen LogP contribution is -3.12. The zero-order valence-corrected chi connectivity index (χ0v) is 15.4. The smallest absolute Gasteiger partial charge is 0.272 e. The molecule has 1 aliphatic rings. The third kappa shape index (κ3) is 4.90. The van der Waals surface area contributed by atoms with Crippen molar-refractivity contribution in [1.29, 1.82) is 0 Å². The number of amides is 1. The van der Waals surface area contributed by atoms with E-state index in [0.717, 1.165) is 38.4 Å². The number of hydrogen-bond donors (Lipinski definition) is 2. The van der Waals surface area contributed by atoms with Crippen LogP contribution < -0.4 is 10.2 Å². The summed E-state index contributed by atoms with van der Waals surface area (Å²) in [5, 5.41) is 13.8. The lowest BCUT2D eigenvalue weighted by Gasteiger charge is -2.24. The van der Waals surface area contributed by atoms with Gasteiger partial charge in [0.25, 0.3) is 11.6 Å². The molecule has 0 aliphatic carbocycles. The van der Waals surface area contributed by atoms with Gasteiger partial charge in [-0.15, -0.1) is 0 Å². The van der Waals surface area contributed by atoms with E-state index in [1.807, 2.05) is 18.2 Å². The van der Waals surface area contributed by atoms with Crippen LogP contribution in [0.5, 0.6) is 0 Å². The van der Waals surface area contributed by atoms with Gasteiger partial charge < -0.3 is 15.0 Å². The van der Waals surface area contributed by atoms with Crippen molar-refractivity contribution in [2.24, 2.45) is 0 Å². The number of nitro benzene ring substituents is 1. The summed E-state index contributed by atoms with van der Waals surface area (Å²) in [6.45, 7) is 6.52. The molecule has 0 aromatic heterocycles. The second-order valence-electron chi connectivity index (χ2n) is 6.75. The molecule has 2 N–H and O–H groups in total. The van der Waals surface area contributed by atoms with E-state index in [2.05, 4.69) is 11.4 Å². The number of carbonyl (C=O) groups is 1. The molecule has 0 unspecified atom stereocenters. The van der Waals surface area contributed by atoms with Gasteiger partial charge in [-0.3, -0.25) is 14.9 Å². The number of nitro groups is 1. The van der Waals surface area contributed by atoms with Crippen molar-refractivity contribution in [1.82, 2.24) is 5.32 Å². The van der Waals surface area contributed by atoms with Crippen LogP contribution in [0.1, 0.15) is 27.0 Å². The van der Waals surface area contributed by atoms with Crippen LogP contribution in [-0.2, 0) is 17.8 Å². The maximum Gasteiger partial charge on any atom is 0.272 e. The number of nitrogens with zero attached hydrogens (tertiary/aromatic N) is 1. The Morgan fingerprint density at radius 1 is 1.19 bits per heavy atom. The molecule has 0 radical (unpaired) electrons. The average Bonchev–Trinajstić information content (AvgIpc) is 2.67. The lowest BCUT2D eigenvalue weighted by atomic mass is 10.1. The van der Waals surface area contributed by atoms with Crippen molar-refractivity contribution < 1.29 is 19.4 Å². The first-order valence-electron chi connectivity index (χ1n) is 9.06. The van der Waals surface area contributed by atoms with E-state index in [-0.39, 0.29) is 11.6 Å². The summed E-state index contributed by atoms with van der Waals surface area (Å²) < 4.78 is 5.41. The van der Waals surface area contributed by atoms with E-state index in [9.17, 15) is 14.9 Å². The first kappa shape index (κ1) is 19.0. The van der Waals surface area contributed by atoms with Gasteiger partial charge in [-0.05, 0) is 24.6 Å². The first-order chi connectivity index (χ1) is 13.0. The third-order valence-corrected chi connectivity index (χ3v) is 4.85. The van der Waals surface area contributed by atoms with Crippen molar-refractivity contribution in [3.63, 3.8) is 0 Å². The molecule has 0 saturated carbocycles. The van der Waals surface area contributed by atoms with Crippen LogP contribution in [0.2, 0.25) is 0 Å². The number of nitrogens with one attached hydrogen (secondary N) is 2. The Kier molecular flexibility index (Phi) is 6.16. The normalized spacial score (nSPS) is 14.7. The molecule has 142 valence electrons. The molecule has 27 heavy (non-hydrogen) atoms. The van der Waals surface area contributed by atoms with Crippen molar-refractivity contribution >= 4 is 11.6 Å². The maximum absolute atomic E-state index is 12.4. The van der Waals surface area contributed by atoms with Crippen LogP contribution in [0.15, 0.2) is 42.5 Å². The van der Waals surface area contributed by atoms with Crippen LogP contribution >= 0.6 is 0 Å². The van der Waals surface area contributed by atoms with Gasteiger partial charge >= 0.3 is 0 Å². The van der Waals surface area contributed by atoms with Gasteiger partial charge in [0.05, 0.1) is 18.1 Å². The molecule has 3 rings (SSSR count). The minimum absolute atomic E-state index is 0.0189. The monoisotopic (exact) mass is 370 g/mol. The van der Waals surface area contributed by atoms with E-state index in [1.165, 1.54) is 22.6 Å². The Balaban J connectivity index is 1.65. The molecule has 0 bridgehead atoms. The minimum Gasteiger partial charge on any atom is -0.370 e. The van der Waals surface area contributed by atoms with Crippen molar-refractivity contribution in [2.45, 2.75) is 20.0 Å². The number of aryl methyl sites for hydroxylation is 1. The topological polar surface area (TPSA) is 85.9 Å². The molecule has 1 fully saturated rings. The highest BCUT2D eigenvalue weighted by Gasteiger charge is 2.17. The van der Waals surface area contributed by atoms with Crippen molar-refractivity contribution in [2.75, 3.05) is 26.3 Å². The van der Waals surface area contributed by atoms with Gasteiger partial charge in [0, 0.05) is 29.3 Å². The number of hydrogen-bond acceptors (Lipinski definition) is 4. The molecule has 1 saturated heterocycles. The molecule has 0 atom stereocenters. The fraction of sp³-hybridized carbons (Fsp3) is 0.350. The molecule has 7 nitrogen and oxygen atoms in total. The fourth-order valence-corrected chi connectivity index (χ4v) is 3.29. The van der Waals surface area contributed by atoms with Crippen LogP contribution in [0.25, 0.3) is 0 Å². The zero-order chi connectivity index (χ0) is 19.2. The number of benzene rings is 2. The van der Waals surface area contributed by atoms with Crippen LogP contribution in [0.4, 0.5) is 5.69 Å². The molecular weight excluding hydrogens is 346 g/mol. The van der Waals surface area contributed by atoms with E-state index < -0.39 is 4.92 Å². The molecule has 2 aromatic rings. The molecule has 1 aliphatic heterocycles.